The van der Waals surface area contributed by atoms with Crippen LogP contribution in [0.1, 0.15) is 39.2 Å². The molecular formula is C27H30BN3O5. The Bertz CT molecular complexity index is 1310. The molecule has 3 saturated carbocycles. The molecule has 2 aromatic heterocycles. The van der Waals surface area contributed by atoms with E-state index in [1.165, 1.54) is 0 Å². The number of rotatable bonds is 5. The predicted octanol–water partition coefficient (Wildman–Crippen LogP) is 3.76. The van der Waals surface area contributed by atoms with Gasteiger partial charge in [-0.2, -0.15) is 0 Å². The lowest BCUT2D eigenvalue weighted by Gasteiger charge is -2.64. The zero-order valence-corrected chi connectivity index (χ0v) is 20.7. The summed E-state index contributed by atoms with van der Waals surface area (Å²) in [5.41, 5.74) is 1.45. The molecule has 3 heterocycles. The number of nitrogens with zero attached hydrogens (tertiary/aromatic N) is 1. The lowest BCUT2D eigenvalue weighted by atomic mass is 9.43. The lowest BCUT2D eigenvalue weighted by Crippen LogP contribution is -2.65. The molecule has 3 aromatic rings. The molecule has 186 valence electrons. The topological polar surface area (TPSA) is 103 Å². The molecule has 2 N–H and O–H groups in total. The van der Waals surface area contributed by atoms with Crippen molar-refractivity contribution in [3.05, 3.63) is 60.5 Å². The molecule has 1 aromatic carbocycles. The van der Waals surface area contributed by atoms with Crippen LogP contribution in [0.3, 0.4) is 0 Å². The molecule has 1 saturated heterocycles. The molecular weight excluding hydrogens is 457 g/mol. The maximum Gasteiger partial charge on any atom is 0.482 e. The van der Waals surface area contributed by atoms with Crippen molar-refractivity contribution in [3.8, 4) is 0 Å². The Kier molecular flexibility index (Phi) is 5.46. The van der Waals surface area contributed by atoms with Crippen LogP contribution in [0.15, 0.2) is 59.3 Å². The number of furan rings is 1. The van der Waals surface area contributed by atoms with Crippen LogP contribution in [0.2, 0.25) is 0 Å². The fourth-order valence-electron chi connectivity index (χ4n) is 6.56. The molecule has 4 fully saturated rings. The van der Waals surface area contributed by atoms with Gasteiger partial charge in [0, 0.05) is 11.6 Å². The van der Waals surface area contributed by atoms with Gasteiger partial charge in [0.15, 0.2) is 0 Å². The highest BCUT2D eigenvalue weighted by Gasteiger charge is 2.68. The third kappa shape index (κ3) is 3.73. The van der Waals surface area contributed by atoms with E-state index in [4.69, 9.17) is 13.7 Å². The fourth-order valence-corrected chi connectivity index (χ4v) is 6.56. The Balaban J connectivity index is 1.25. The van der Waals surface area contributed by atoms with Crippen molar-refractivity contribution >= 4 is 35.7 Å². The third-order valence-electron chi connectivity index (χ3n) is 8.73. The van der Waals surface area contributed by atoms with Crippen molar-refractivity contribution in [1.82, 2.24) is 10.3 Å². The van der Waals surface area contributed by atoms with Gasteiger partial charge < -0.3 is 24.4 Å². The van der Waals surface area contributed by atoms with Crippen molar-refractivity contribution < 1.29 is 23.3 Å². The Labute approximate surface area is 210 Å². The minimum atomic E-state index is -0.791. The molecule has 7 rings (SSSR count). The number of para-hydroxylation sites is 1. The van der Waals surface area contributed by atoms with Gasteiger partial charge in [-0.15, -0.1) is 0 Å². The number of hydrogen-bond acceptors (Lipinski definition) is 6. The number of pyridine rings is 1. The molecule has 0 radical (unpaired) electrons. The highest BCUT2D eigenvalue weighted by Crippen LogP contribution is 2.65. The molecule has 3 aliphatic carbocycles. The van der Waals surface area contributed by atoms with Gasteiger partial charge in [-0.3, -0.25) is 9.59 Å². The van der Waals surface area contributed by atoms with Crippen LogP contribution >= 0.6 is 0 Å². The summed E-state index contributed by atoms with van der Waals surface area (Å²) < 4.78 is 18.8. The average Bonchev–Trinajstić information content (AvgIpc) is 3.44. The summed E-state index contributed by atoms with van der Waals surface area (Å²) in [5, 5.41) is 6.39. The van der Waals surface area contributed by atoms with E-state index >= 15 is 0 Å². The number of amides is 2. The van der Waals surface area contributed by atoms with Gasteiger partial charge in [-0.05, 0) is 67.2 Å². The monoisotopic (exact) mass is 487 g/mol. The van der Waals surface area contributed by atoms with Gasteiger partial charge in [0.25, 0.3) is 0 Å². The van der Waals surface area contributed by atoms with Crippen LogP contribution in [0, 0.1) is 17.3 Å². The van der Waals surface area contributed by atoms with Gasteiger partial charge in [0.1, 0.15) is 11.4 Å². The van der Waals surface area contributed by atoms with Crippen LogP contribution in [-0.4, -0.2) is 41.6 Å². The Morgan fingerprint density at radius 2 is 1.92 bits per heavy atom. The number of anilines is 1. The van der Waals surface area contributed by atoms with E-state index in [1.807, 2.05) is 24.3 Å². The maximum atomic E-state index is 13.0. The molecule has 2 amide bonds. The van der Waals surface area contributed by atoms with Crippen molar-refractivity contribution in [3.63, 3.8) is 0 Å². The highest BCUT2D eigenvalue weighted by molar-refractivity contribution is 6.49. The second kappa shape index (κ2) is 8.45. The van der Waals surface area contributed by atoms with Gasteiger partial charge in [0.2, 0.25) is 0 Å². The normalized spacial score (nSPS) is 28.8. The van der Waals surface area contributed by atoms with Crippen molar-refractivity contribution in [2.75, 3.05) is 5.32 Å². The second-order valence-corrected chi connectivity index (χ2v) is 11.0. The van der Waals surface area contributed by atoms with E-state index in [-0.39, 0.29) is 11.5 Å². The van der Waals surface area contributed by atoms with Crippen molar-refractivity contribution in [2.45, 2.75) is 57.7 Å². The number of carbonyl (C=O) groups is 2. The SMILES string of the molecule is CC1(C)C2CC1[C@]1(C)OB(C(Cc3coc4ccccc34)NC(=O)C(=O)Nc3ccccn3)O[C@@H]1C2. The molecule has 1 aliphatic heterocycles. The lowest BCUT2D eigenvalue weighted by molar-refractivity contribution is -0.199. The van der Waals surface area contributed by atoms with Crippen LogP contribution in [-0.2, 0) is 25.3 Å². The zero-order valence-electron chi connectivity index (χ0n) is 20.7. The number of fused-ring (bicyclic) bond motifs is 1. The molecule has 9 heteroatoms. The minimum absolute atomic E-state index is 0.0397. The highest BCUT2D eigenvalue weighted by atomic mass is 16.7. The summed E-state index contributed by atoms with van der Waals surface area (Å²) >= 11 is 0. The minimum Gasteiger partial charge on any atom is -0.464 e. The second-order valence-electron chi connectivity index (χ2n) is 11.0. The van der Waals surface area contributed by atoms with E-state index in [2.05, 4.69) is 36.4 Å². The van der Waals surface area contributed by atoms with Crippen LogP contribution in [0.25, 0.3) is 11.0 Å². The molecule has 5 atom stereocenters. The van der Waals surface area contributed by atoms with Gasteiger partial charge in [0.05, 0.1) is 23.9 Å². The standard InChI is InChI=1S/C27H30BN3O5/c1-26(2)17-13-20(26)27(3)21(14-17)35-28(36-27)22(12-16-15-34-19-9-5-4-8-18(16)19)30-24(32)25(33)31-23-10-6-7-11-29-23/h4-11,15,17,20-22H,12-14H2,1-3H3,(H,30,32)(H,29,31,33)/t17?,20?,21-,22?,27+/m1/s1. The summed E-state index contributed by atoms with van der Waals surface area (Å²) in [4.78, 5) is 29.7. The van der Waals surface area contributed by atoms with E-state index < -0.39 is 30.5 Å². The first-order chi connectivity index (χ1) is 17.3. The first kappa shape index (κ1) is 23.2. The first-order valence-electron chi connectivity index (χ1n) is 12.6. The molecule has 3 unspecified atom stereocenters. The Morgan fingerprint density at radius 3 is 2.69 bits per heavy atom. The molecule has 36 heavy (non-hydrogen) atoms. The van der Waals surface area contributed by atoms with Crippen molar-refractivity contribution in [1.29, 1.82) is 0 Å². The maximum absolute atomic E-state index is 13.0. The zero-order chi connectivity index (χ0) is 25.1. The number of carbonyl (C=O) groups excluding carboxylic acids is 2. The average molecular weight is 487 g/mol. The fraction of sp³-hybridized carbons (Fsp3) is 0.444. The van der Waals surface area contributed by atoms with Crippen LogP contribution < -0.4 is 10.6 Å². The number of hydrogen-bond donors (Lipinski definition) is 2. The van der Waals surface area contributed by atoms with E-state index in [0.29, 0.717) is 24.1 Å². The first-order valence-corrected chi connectivity index (χ1v) is 12.6. The van der Waals surface area contributed by atoms with E-state index in [0.717, 1.165) is 29.4 Å². The van der Waals surface area contributed by atoms with E-state index in [1.54, 1.807) is 30.7 Å². The quantitative estimate of drug-likeness (QED) is 0.420. The number of benzene rings is 1. The molecule has 0 spiro atoms. The summed E-state index contributed by atoms with van der Waals surface area (Å²) in [6, 6.07) is 12.9. The summed E-state index contributed by atoms with van der Waals surface area (Å²) in [5.74, 6) is -0.842. The van der Waals surface area contributed by atoms with Crippen LogP contribution in [0.4, 0.5) is 5.82 Å². The largest absolute Gasteiger partial charge is 0.482 e. The Hall–Kier alpha value is -3.17. The van der Waals surface area contributed by atoms with Crippen molar-refractivity contribution in [2.24, 2.45) is 17.3 Å². The van der Waals surface area contributed by atoms with Gasteiger partial charge in [-0.25, -0.2) is 4.98 Å². The van der Waals surface area contributed by atoms with Gasteiger partial charge in [-0.1, -0.05) is 38.1 Å². The number of nitrogens with one attached hydrogen (secondary N) is 2. The Morgan fingerprint density at radius 1 is 1.11 bits per heavy atom. The number of aromatic nitrogens is 1. The third-order valence-corrected chi connectivity index (χ3v) is 8.73. The molecule has 4 aliphatic rings. The smallest absolute Gasteiger partial charge is 0.464 e. The summed E-state index contributed by atoms with van der Waals surface area (Å²) in [7, 11) is -0.685. The van der Waals surface area contributed by atoms with E-state index in [9.17, 15) is 9.59 Å². The summed E-state index contributed by atoms with van der Waals surface area (Å²) in [6.07, 6.45) is 5.67. The summed E-state index contributed by atoms with van der Waals surface area (Å²) in [6.45, 7) is 6.75. The molecule has 8 nitrogen and oxygen atoms in total. The van der Waals surface area contributed by atoms with Gasteiger partial charge >= 0.3 is 18.9 Å². The predicted molar refractivity (Wildman–Crippen MR) is 135 cm³/mol. The van der Waals surface area contributed by atoms with Crippen LogP contribution in [0.5, 0.6) is 0 Å². The molecule has 2 bridgehead atoms.